The van der Waals surface area contributed by atoms with E-state index in [2.05, 4.69) is 25.1 Å². The van der Waals surface area contributed by atoms with Crippen molar-refractivity contribution in [3.8, 4) is 11.6 Å². The Morgan fingerprint density at radius 2 is 1.83 bits per heavy atom. The Balaban J connectivity index is 2.09. The molecule has 1 heterocycles. The second kappa shape index (κ2) is 6.75. The number of nitrogens with zero attached hydrogens (tertiary/aromatic N) is 1. The zero-order valence-corrected chi connectivity index (χ0v) is 13.7. The van der Waals surface area contributed by atoms with Crippen LogP contribution < -0.4 is 8.92 Å². The van der Waals surface area contributed by atoms with Crippen LogP contribution >= 0.6 is 15.9 Å². The monoisotopic (exact) mass is 411 g/mol. The molecule has 0 amide bonds. The van der Waals surface area contributed by atoms with Gasteiger partial charge in [-0.25, -0.2) is 4.98 Å². The molecule has 0 N–H and O–H groups in total. The van der Waals surface area contributed by atoms with Gasteiger partial charge < -0.3 is 8.92 Å². The van der Waals surface area contributed by atoms with Gasteiger partial charge in [-0.05, 0) is 21.5 Å². The van der Waals surface area contributed by atoms with Crippen molar-refractivity contribution in [2.24, 2.45) is 0 Å². The van der Waals surface area contributed by atoms with Crippen molar-refractivity contribution in [2.75, 3.05) is 0 Å². The van der Waals surface area contributed by atoms with E-state index in [0.717, 1.165) is 11.8 Å². The van der Waals surface area contributed by atoms with Crippen LogP contribution in [0.2, 0.25) is 0 Å². The molecular weight excluding hydrogens is 403 g/mol. The zero-order valence-electron chi connectivity index (χ0n) is 11.2. The van der Waals surface area contributed by atoms with Gasteiger partial charge in [0.2, 0.25) is 5.88 Å². The number of pyridine rings is 1. The molecule has 0 unspecified atom stereocenters. The first kappa shape index (κ1) is 17.5. The number of benzene rings is 1. The zero-order chi connectivity index (χ0) is 17.1. The molecule has 124 valence electrons. The summed E-state index contributed by atoms with van der Waals surface area (Å²) in [7, 11) is -5.75. The van der Waals surface area contributed by atoms with E-state index in [9.17, 15) is 21.6 Å². The van der Waals surface area contributed by atoms with E-state index in [1.54, 1.807) is 0 Å². The predicted octanol–water partition coefficient (Wildman–Crippen LogP) is 3.65. The van der Waals surface area contributed by atoms with Crippen LogP contribution in [0.4, 0.5) is 13.2 Å². The van der Waals surface area contributed by atoms with Gasteiger partial charge in [-0.2, -0.15) is 21.6 Å². The van der Waals surface area contributed by atoms with Gasteiger partial charge in [0.05, 0.1) is 10.7 Å². The van der Waals surface area contributed by atoms with Crippen LogP contribution in [-0.4, -0.2) is 18.9 Å². The van der Waals surface area contributed by atoms with Crippen molar-refractivity contribution < 1.29 is 30.5 Å². The molecule has 2 rings (SSSR count). The lowest BCUT2D eigenvalue weighted by atomic mass is 10.2. The normalized spacial score (nSPS) is 12.0. The van der Waals surface area contributed by atoms with E-state index < -0.39 is 21.4 Å². The molecule has 0 bridgehead atoms. The molecule has 0 fully saturated rings. The van der Waals surface area contributed by atoms with Crippen molar-refractivity contribution >= 4 is 26.0 Å². The van der Waals surface area contributed by atoms with Crippen molar-refractivity contribution in [3.05, 3.63) is 52.6 Å². The quantitative estimate of drug-likeness (QED) is 0.554. The maximum absolute atomic E-state index is 12.3. The lowest BCUT2D eigenvalue weighted by molar-refractivity contribution is -0.0500. The molecule has 0 aliphatic carbocycles. The highest BCUT2D eigenvalue weighted by Gasteiger charge is 2.48. The fraction of sp³-hybridized carbons (Fsp3) is 0.154. The van der Waals surface area contributed by atoms with Crippen LogP contribution in [0.15, 0.2) is 47.1 Å². The first-order chi connectivity index (χ1) is 10.7. The van der Waals surface area contributed by atoms with Crippen LogP contribution in [0.5, 0.6) is 11.6 Å². The third-order valence-electron chi connectivity index (χ3n) is 2.51. The Morgan fingerprint density at radius 1 is 1.17 bits per heavy atom. The summed E-state index contributed by atoms with van der Waals surface area (Å²) in [6.45, 7) is 0.196. The van der Waals surface area contributed by atoms with Gasteiger partial charge in [0.15, 0.2) is 5.75 Å². The van der Waals surface area contributed by atoms with Crippen LogP contribution in [0.25, 0.3) is 0 Å². The molecule has 5 nitrogen and oxygen atoms in total. The van der Waals surface area contributed by atoms with Crippen LogP contribution in [0.1, 0.15) is 5.56 Å². The van der Waals surface area contributed by atoms with E-state index >= 15 is 0 Å². The van der Waals surface area contributed by atoms with E-state index in [4.69, 9.17) is 4.74 Å². The van der Waals surface area contributed by atoms with Gasteiger partial charge in [0.25, 0.3) is 0 Å². The van der Waals surface area contributed by atoms with Gasteiger partial charge in [-0.3, -0.25) is 0 Å². The molecule has 1 aromatic heterocycles. The van der Waals surface area contributed by atoms with Crippen molar-refractivity contribution in [1.29, 1.82) is 0 Å². The van der Waals surface area contributed by atoms with E-state index in [1.807, 2.05) is 30.3 Å². The molecule has 0 atom stereocenters. The highest BCUT2D eigenvalue weighted by atomic mass is 79.9. The van der Waals surface area contributed by atoms with Crippen LogP contribution in [0.3, 0.4) is 0 Å². The lowest BCUT2D eigenvalue weighted by Gasteiger charge is -2.11. The summed E-state index contributed by atoms with van der Waals surface area (Å²) in [4.78, 5) is 3.71. The topological polar surface area (TPSA) is 65.5 Å². The average Bonchev–Trinajstić information content (AvgIpc) is 2.47. The smallest absolute Gasteiger partial charge is 0.473 e. The molecule has 0 saturated heterocycles. The number of alkyl halides is 3. The summed E-state index contributed by atoms with van der Waals surface area (Å²) in [5.41, 5.74) is -4.65. The highest BCUT2D eigenvalue weighted by molar-refractivity contribution is 9.10. The molecule has 0 spiro atoms. The summed E-state index contributed by atoms with van der Waals surface area (Å²) >= 11 is 2.92. The second-order valence-electron chi connectivity index (χ2n) is 4.21. The lowest BCUT2D eigenvalue weighted by Crippen LogP contribution is -2.28. The molecule has 0 radical (unpaired) electrons. The molecule has 23 heavy (non-hydrogen) atoms. The summed E-state index contributed by atoms with van der Waals surface area (Å²) in [6, 6.07) is 10.3. The summed E-state index contributed by atoms with van der Waals surface area (Å²) in [5.74, 6) is -0.494. The molecule has 0 aliphatic heterocycles. The molecule has 2 aromatic rings. The third kappa shape index (κ3) is 4.58. The van der Waals surface area contributed by atoms with Gasteiger partial charge >= 0.3 is 15.6 Å². The predicted molar refractivity (Wildman–Crippen MR) is 78.3 cm³/mol. The second-order valence-corrected chi connectivity index (χ2v) is 6.60. The Bertz CT molecular complexity index is 782. The number of rotatable bonds is 5. The average molecular weight is 412 g/mol. The standard InChI is InChI=1S/C13H9BrF3NO4S/c14-10-6-12(21-8-9-4-2-1-3-5-9)18-7-11(10)22-23(19,20)13(15,16)17/h1-7H,8H2. The number of hydrogen-bond donors (Lipinski definition) is 0. The molecular formula is C13H9BrF3NO4S. The minimum absolute atomic E-state index is 0.0385. The summed E-state index contributed by atoms with van der Waals surface area (Å²) < 4.78 is 68.0. The maximum Gasteiger partial charge on any atom is 0.534 e. The van der Waals surface area contributed by atoms with Gasteiger partial charge in [0.1, 0.15) is 6.61 Å². The summed E-state index contributed by atoms with van der Waals surface area (Å²) in [6.07, 6.45) is 0.827. The van der Waals surface area contributed by atoms with Crippen molar-refractivity contribution in [1.82, 2.24) is 4.98 Å². The maximum atomic E-state index is 12.3. The van der Waals surface area contributed by atoms with Gasteiger partial charge in [0, 0.05) is 6.07 Å². The molecule has 0 aliphatic rings. The Hall–Kier alpha value is -1.81. The minimum Gasteiger partial charge on any atom is -0.473 e. The molecule has 10 heteroatoms. The third-order valence-corrected chi connectivity index (χ3v) is 4.09. The van der Waals surface area contributed by atoms with E-state index in [-0.39, 0.29) is 17.0 Å². The van der Waals surface area contributed by atoms with Crippen LogP contribution in [0, 0.1) is 0 Å². The molecule has 0 saturated carbocycles. The van der Waals surface area contributed by atoms with E-state index in [1.165, 1.54) is 6.07 Å². The highest BCUT2D eigenvalue weighted by Crippen LogP contribution is 2.32. The number of ether oxygens (including phenoxy) is 1. The first-order valence-corrected chi connectivity index (χ1v) is 8.22. The Morgan fingerprint density at radius 3 is 2.39 bits per heavy atom. The van der Waals surface area contributed by atoms with E-state index in [0.29, 0.717) is 0 Å². The number of aromatic nitrogens is 1. The van der Waals surface area contributed by atoms with Crippen molar-refractivity contribution in [2.45, 2.75) is 12.1 Å². The molecule has 1 aromatic carbocycles. The Kier molecular flexibility index (Phi) is 5.15. The largest absolute Gasteiger partial charge is 0.534 e. The van der Waals surface area contributed by atoms with Crippen molar-refractivity contribution in [3.63, 3.8) is 0 Å². The first-order valence-electron chi connectivity index (χ1n) is 6.02. The number of hydrogen-bond acceptors (Lipinski definition) is 5. The van der Waals surface area contributed by atoms with Crippen LogP contribution in [-0.2, 0) is 16.7 Å². The fourth-order valence-corrected chi connectivity index (χ4v) is 2.39. The van der Waals surface area contributed by atoms with Gasteiger partial charge in [-0.1, -0.05) is 30.3 Å². The number of halogens is 4. The SMILES string of the molecule is O=S(=O)(Oc1cnc(OCc2ccccc2)cc1Br)C(F)(F)F. The fourth-order valence-electron chi connectivity index (χ4n) is 1.44. The van der Waals surface area contributed by atoms with Gasteiger partial charge in [-0.15, -0.1) is 0 Å². The summed E-state index contributed by atoms with van der Waals surface area (Å²) in [5, 5.41) is 0. The minimum atomic E-state index is -5.75. The Labute approximate surface area is 138 Å².